The Labute approximate surface area is 204 Å². The van der Waals surface area contributed by atoms with Crippen LogP contribution in [-0.4, -0.2) is 41.2 Å². The number of carbonyl (C=O) groups excluding carboxylic acids is 2. The van der Waals surface area contributed by atoms with E-state index in [9.17, 15) is 9.59 Å². The maximum atomic E-state index is 13.3. The molecule has 0 saturated heterocycles. The zero-order valence-corrected chi connectivity index (χ0v) is 21.9. The molecule has 0 heterocycles. The second kappa shape index (κ2) is 12.3. The maximum Gasteiger partial charge on any atom is 0.243 e. The van der Waals surface area contributed by atoms with Gasteiger partial charge in [-0.2, -0.15) is 0 Å². The molecule has 0 bridgehead atoms. The lowest BCUT2D eigenvalue weighted by Gasteiger charge is -2.33. The van der Waals surface area contributed by atoms with E-state index in [0.29, 0.717) is 18.7 Å². The van der Waals surface area contributed by atoms with E-state index in [4.69, 9.17) is 4.74 Å². The van der Waals surface area contributed by atoms with Crippen LogP contribution in [-0.2, 0) is 21.9 Å². The fraction of sp³-hybridized carbons (Fsp3) is 0.440. The van der Waals surface area contributed by atoms with Gasteiger partial charge in [0, 0.05) is 22.3 Å². The van der Waals surface area contributed by atoms with Crippen molar-refractivity contribution < 1.29 is 14.3 Å². The van der Waals surface area contributed by atoms with Gasteiger partial charge in [-0.3, -0.25) is 9.59 Å². The molecule has 0 aliphatic rings. The molecule has 174 valence electrons. The van der Waals surface area contributed by atoms with Gasteiger partial charge in [0.1, 0.15) is 11.8 Å². The minimum absolute atomic E-state index is 0.0501. The molecule has 32 heavy (non-hydrogen) atoms. The van der Waals surface area contributed by atoms with Crippen molar-refractivity contribution >= 4 is 39.5 Å². The number of carbonyl (C=O) groups is 2. The van der Waals surface area contributed by atoms with Gasteiger partial charge in [0.05, 0.1) is 12.9 Å². The van der Waals surface area contributed by atoms with Crippen LogP contribution < -0.4 is 10.1 Å². The van der Waals surface area contributed by atoms with Crippen molar-refractivity contribution in [1.29, 1.82) is 0 Å². The van der Waals surface area contributed by atoms with Crippen molar-refractivity contribution in [3.05, 3.63) is 64.1 Å². The van der Waals surface area contributed by atoms with Gasteiger partial charge in [0.15, 0.2) is 0 Å². The average molecular weight is 522 g/mol. The van der Waals surface area contributed by atoms with Crippen LogP contribution in [0.3, 0.4) is 0 Å². The van der Waals surface area contributed by atoms with Gasteiger partial charge >= 0.3 is 0 Å². The molecule has 1 atom stereocenters. The van der Waals surface area contributed by atoms with E-state index in [1.54, 1.807) is 23.8 Å². The minimum atomic E-state index is -0.541. The number of nitrogens with one attached hydrogen (secondary N) is 1. The molecule has 2 amide bonds. The highest BCUT2D eigenvalue weighted by molar-refractivity contribution is 9.10. The van der Waals surface area contributed by atoms with Crippen molar-refractivity contribution in [2.45, 2.75) is 58.0 Å². The number of halogens is 1. The predicted octanol–water partition coefficient (Wildman–Crippen LogP) is 5.41. The molecule has 0 spiro atoms. The fourth-order valence-electron chi connectivity index (χ4n) is 3.26. The largest absolute Gasteiger partial charge is 0.497 e. The number of hydrogen-bond acceptors (Lipinski definition) is 4. The van der Waals surface area contributed by atoms with Crippen LogP contribution in [0.15, 0.2) is 53.0 Å². The Balaban J connectivity index is 2.17. The van der Waals surface area contributed by atoms with E-state index in [-0.39, 0.29) is 17.4 Å². The molecule has 1 unspecified atom stereocenters. The molecule has 0 radical (unpaired) electrons. The summed E-state index contributed by atoms with van der Waals surface area (Å²) >= 11 is 5.00. The lowest BCUT2D eigenvalue weighted by atomic mass is 10.1. The Hall–Kier alpha value is -1.99. The van der Waals surface area contributed by atoms with Gasteiger partial charge in [-0.05, 0) is 62.6 Å². The quantitative estimate of drug-likeness (QED) is 0.454. The number of thioether (sulfide) groups is 1. The summed E-state index contributed by atoms with van der Waals surface area (Å²) in [4.78, 5) is 28.0. The van der Waals surface area contributed by atoms with Crippen LogP contribution in [0.2, 0.25) is 0 Å². The van der Waals surface area contributed by atoms with Crippen LogP contribution in [0.25, 0.3) is 0 Å². The van der Waals surface area contributed by atoms with Gasteiger partial charge in [0.2, 0.25) is 11.8 Å². The molecule has 0 aromatic heterocycles. The topological polar surface area (TPSA) is 58.6 Å². The lowest BCUT2D eigenvalue weighted by molar-refractivity contribution is -0.140. The summed E-state index contributed by atoms with van der Waals surface area (Å²) < 4.78 is 6.36. The van der Waals surface area contributed by atoms with Gasteiger partial charge in [0.25, 0.3) is 0 Å². The van der Waals surface area contributed by atoms with E-state index < -0.39 is 6.04 Å². The van der Waals surface area contributed by atoms with Crippen LogP contribution in [0.5, 0.6) is 5.75 Å². The normalized spacial score (nSPS) is 12.2. The summed E-state index contributed by atoms with van der Waals surface area (Å²) in [5.74, 6) is 1.59. The first-order valence-electron chi connectivity index (χ1n) is 10.7. The highest BCUT2D eigenvalue weighted by Crippen LogP contribution is 2.21. The second-order valence-electron chi connectivity index (χ2n) is 8.66. The average Bonchev–Trinajstić information content (AvgIpc) is 2.73. The summed E-state index contributed by atoms with van der Waals surface area (Å²) in [7, 11) is 1.62. The summed E-state index contributed by atoms with van der Waals surface area (Å²) in [5, 5.41) is 3.03. The van der Waals surface area contributed by atoms with E-state index >= 15 is 0 Å². The Morgan fingerprint density at radius 2 is 1.81 bits per heavy atom. The Morgan fingerprint density at radius 3 is 2.41 bits per heavy atom. The van der Waals surface area contributed by atoms with Gasteiger partial charge < -0.3 is 15.0 Å². The van der Waals surface area contributed by atoms with E-state index in [1.807, 2.05) is 76.2 Å². The number of benzene rings is 2. The molecule has 7 heteroatoms. The minimum Gasteiger partial charge on any atom is -0.497 e. The Kier molecular flexibility index (Phi) is 10.1. The molecular formula is C25H33BrN2O3S. The first kappa shape index (κ1) is 26.3. The third kappa shape index (κ3) is 8.51. The fourth-order valence-corrected chi connectivity index (χ4v) is 4.39. The molecule has 1 N–H and O–H groups in total. The third-order valence-electron chi connectivity index (χ3n) is 4.78. The number of amides is 2. The van der Waals surface area contributed by atoms with Crippen LogP contribution in [0, 0.1) is 0 Å². The highest BCUT2D eigenvalue weighted by atomic mass is 79.9. The third-order valence-corrected chi connectivity index (χ3v) is 6.30. The molecule has 2 aromatic carbocycles. The Morgan fingerprint density at radius 1 is 1.12 bits per heavy atom. The van der Waals surface area contributed by atoms with Gasteiger partial charge in [-0.15, -0.1) is 11.8 Å². The molecule has 0 aliphatic carbocycles. The molecule has 0 aliphatic heterocycles. The zero-order valence-electron chi connectivity index (χ0n) is 19.5. The monoisotopic (exact) mass is 520 g/mol. The van der Waals surface area contributed by atoms with Crippen molar-refractivity contribution in [2.75, 3.05) is 12.9 Å². The van der Waals surface area contributed by atoms with Crippen LogP contribution >= 0.6 is 27.7 Å². The lowest BCUT2D eigenvalue weighted by Crippen LogP contribution is -2.53. The number of nitrogens with zero attached hydrogens (tertiary/aromatic N) is 1. The van der Waals surface area contributed by atoms with E-state index in [0.717, 1.165) is 27.1 Å². The first-order chi connectivity index (χ1) is 15.1. The maximum absolute atomic E-state index is 13.3. The number of methoxy groups -OCH3 is 1. The SMILES string of the molecule is CCC(C(=O)NC(C)(C)C)N(Cc1cccc(OC)c1)C(=O)CSCc1ccc(Br)cc1. The number of hydrogen-bond donors (Lipinski definition) is 1. The molecule has 0 saturated carbocycles. The molecule has 0 fully saturated rings. The van der Waals surface area contributed by atoms with Crippen molar-refractivity contribution in [3.63, 3.8) is 0 Å². The molecular weight excluding hydrogens is 488 g/mol. The van der Waals surface area contributed by atoms with E-state index in [2.05, 4.69) is 21.2 Å². The van der Waals surface area contributed by atoms with Gasteiger partial charge in [-0.25, -0.2) is 0 Å². The summed E-state index contributed by atoms with van der Waals surface area (Å²) in [6.07, 6.45) is 0.537. The van der Waals surface area contributed by atoms with Crippen LogP contribution in [0.4, 0.5) is 0 Å². The van der Waals surface area contributed by atoms with E-state index in [1.165, 1.54) is 0 Å². The van der Waals surface area contributed by atoms with Crippen molar-refractivity contribution in [2.24, 2.45) is 0 Å². The Bertz CT molecular complexity index is 897. The van der Waals surface area contributed by atoms with Crippen molar-refractivity contribution in [3.8, 4) is 5.75 Å². The number of rotatable bonds is 10. The van der Waals surface area contributed by atoms with Crippen molar-refractivity contribution in [1.82, 2.24) is 10.2 Å². The molecule has 5 nitrogen and oxygen atoms in total. The standard InChI is InChI=1S/C25H33BrN2O3S/c1-6-22(24(30)27-25(2,3)4)28(15-19-8-7-9-21(14-19)31-5)23(29)17-32-16-18-10-12-20(26)13-11-18/h7-14,22H,6,15-17H2,1-5H3,(H,27,30). The summed E-state index contributed by atoms with van der Waals surface area (Å²) in [6.45, 7) is 8.12. The predicted molar refractivity (Wildman–Crippen MR) is 136 cm³/mol. The highest BCUT2D eigenvalue weighted by Gasteiger charge is 2.30. The zero-order chi connectivity index (χ0) is 23.7. The van der Waals surface area contributed by atoms with Crippen LogP contribution in [0.1, 0.15) is 45.2 Å². The summed E-state index contributed by atoms with van der Waals surface area (Å²) in [6, 6.07) is 15.2. The summed E-state index contributed by atoms with van der Waals surface area (Å²) in [5.41, 5.74) is 1.71. The smallest absolute Gasteiger partial charge is 0.243 e. The van der Waals surface area contributed by atoms with Gasteiger partial charge in [-0.1, -0.05) is 47.1 Å². The first-order valence-corrected chi connectivity index (χ1v) is 12.6. The second-order valence-corrected chi connectivity index (χ2v) is 10.6. The molecule has 2 aromatic rings. The molecule has 2 rings (SSSR count). The number of ether oxygens (including phenoxy) is 1.